The van der Waals surface area contributed by atoms with Gasteiger partial charge in [0, 0.05) is 25.9 Å². The number of methoxy groups -OCH3 is 1. The number of carbonyl (C=O) groups is 1. The molecule has 0 bridgehead atoms. The number of anilines is 1. The fourth-order valence-corrected chi connectivity index (χ4v) is 5.53. The van der Waals surface area contributed by atoms with E-state index in [4.69, 9.17) is 21.7 Å². The highest BCUT2D eigenvalue weighted by atomic mass is 32.2. The summed E-state index contributed by atoms with van der Waals surface area (Å²) < 4.78 is 12.9. The van der Waals surface area contributed by atoms with Crippen molar-refractivity contribution in [3.05, 3.63) is 75.0 Å². The highest BCUT2D eigenvalue weighted by Crippen LogP contribution is 2.33. The van der Waals surface area contributed by atoms with E-state index in [-0.39, 0.29) is 17.6 Å². The Labute approximate surface area is 218 Å². The van der Waals surface area contributed by atoms with Gasteiger partial charge in [0.05, 0.1) is 23.7 Å². The van der Waals surface area contributed by atoms with Crippen molar-refractivity contribution in [1.82, 2.24) is 14.3 Å². The van der Waals surface area contributed by atoms with Gasteiger partial charge in [-0.2, -0.15) is 0 Å². The van der Waals surface area contributed by atoms with Gasteiger partial charge in [0.15, 0.2) is 0 Å². The Hall–Kier alpha value is -3.21. The van der Waals surface area contributed by atoms with Crippen molar-refractivity contribution in [3.8, 4) is 5.75 Å². The van der Waals surface area contributed by atoms with Crippen molar-refractivity contribution >= 4 is 51.7 Å². The summed E-state index contributed by atoms with van der Waals surface area (Å²) in [7, 11) is 1.63. The SMILES string of the molecule is COc1ccc(CCN2C(=O)/C(=C/c3c(NCC4CCCO4)nc4ccccn4c3=O)SC2=S)cc1. The van der Waals surface area contributed by atoms with Crippen LogP contribution in [-0.2, 0) is 16.0 Å². The molecule has 0 saturated carbocycles. The van der Waals surface area contributed by atoms with E-state index in [1.54, 1.807) is 36.4 Å². The number of aromatic nitrogens is 2. The summed E-state index contributed by atoms with van der Waals surface area (Å²) in [5.74, 6) is 1.01. The highest BCUT2D eigenvalue weighted by Gasteiger charge is 2.32. The van der Waals surface area contributed by atoms with E-state index in [0.717, 1.165) is 30.8 Å². The number of carbonyl (C=O) groups excluding carboxylic acids is 1. The molecule has 2 aliphatic heterocycles. The molecule has 0 radical (unpaired) electrons. The molecule has 4 heterocycles. The average Bonchev–Trinajstić information content (AvgIpc) is 3.51. The summed E-state index contributed by atoms with van der Waals surface area (Å²) in [6.07, 6.45) is 5.99. The second-order valence-electron chi connectivity index (χ2n) is 8.56. The number of fused-ring (bicyclic) bond motifs is 1. The van der Waals surface area contributed by atoms with E-state index >= 15 is 0 Å². The molecule has 0 spiro atoms. The van der Waals surface area contributed by atoms with E-state index in [1.165, 1.54) is 16.2 Å². The van der Waals surface area contributed by atoms with Crippen LogP contribution in [0.5, 0.6) is 5.75 Å². The summed E-state index contributed by atoms with van der Waals surface area (Å²) >= 11 is 6.71. The minimum Gasteiger partial charge on any atom is -0.497 e. The smallest absolute Gasteiger partial charge is 0.267 e. The van der Waals surface area contributed by atoms with Crippen molar-refractivity contribution in [2.45, 2.75) is 25.4 Å². The molecule has 2 saturated heterocycles. The molecule has 3 aromatic rings. The number of pyridine rings is 1. The number of hydrogen-bond acceptors (Lipinski definition) is 8. The van der Waals surface area contributed by atoms with Gasteiger partial charge in [0.1, 0.15) is 21.5 Å². The minimum absolute atomic E-state index is 0.0741. The number of hydrogen-bond donors (Lipinski definition) is 1. The monoisotopic (exact) mass is 522 g/mol. The number of amides is 1. The Bertz CT molecular complexity index is 1380. The van der Waals surface area contributed by atoms with Gasteiger partial charge in [0.25, 0.3) is 11.5 Å². The fourth-order valence-electron chi connectivity index (χ4n) is 4.24. The molecule has 1 unspecified atom stereocenters. The minimum atomic E-state index is -0.251. The lowest BCUT2D eigenvalue weighted by Crippen LogP contribution is -2.30. The molecule has 36 heavy (non-hydrogen) atoms. The predicted molar refractivity (Wildman–Crippen MR) is 146 cm³/mol. The van der Waals surface area contributed by atoms with Gasteiger partial charge >= 0.3 is 0 Å². The fraction of sp³-hybridized carbons (Fsp3) is 0.308. The van der Waals surface area contributed by atoms with E-state index in [1.807, 2.05) is 30.3 Å². The Kier molecular flexibility index (Phi) is 7.35. The molecule has 8 nitrogen and oxygen atoms in total. The molecule has 1 amide bonds. The molecular weight excluding hydrogens is 496 g/mol. The zero-order valence-electron chi connectivity index (χ0n) is 19.8. The highest BCUT2D eigenvalue weighted by molar-refractivity contribution is 8.26. The third-order valence-electron chi connectivity index (χ3n) is 6.22. The molecule has 10 heteroatoms. The maximum Gasteiger partial charge on any atom is 0.267 e. The molecular formula is C26H26N4O4S2. The second-order valence-corrected chi connectivity index (χ2v) is 10.2. The molecule has 5 rings (SSSR count). The lowest BCUT2D eigenvalue weighted by molar-refractivity contribution is -0.122. The zero-order valence-corrected chi connectivity index (χ0v) is 21.4. The van der Waals surface area contributed by atoms with E-state index in [2.05, 4.69) is 10.3 Å². The predicted octanol–water partition coefficient (Wildman–Crippen LogP) is 3.74. The Balaban J connectivity index is 1.40. The van der Waals surface area contributed by atoms with Crippen LogP contribution in [0.3, 0.4) is 0 Å². The third kappa shape index (κ3) is 5.16. The van der Waals surface area contributed by atoms with Gasteiger partial charge in [0.2, 0.25) is 0 Å². The maximum atomic E-state index is 13.4. The van der Waals surface area contributed by atoms with Gasteiger partial charge in [-0.25, -0.2) is 4.98 Å². The summed E-state index contributed by atoms with van der Waals surface area (Å²) in [6, 6.07) is 13.1. The average molecular weight is 523 g/mol. The first-order valence-electron chi connectivity index (χ1n) is 11.8. The quantitative estimate of drug-likeness (QED) is 0.354. The van der Waals surface area contributed by atoms with Crippen LogP contribution in [0.1, 0.15) is 24.0 Å². The molecule has 2 aromatic heterocycles. The van der Waals surface area contributed by atoms with Crippen molar-refractivity contribution in [3.63, 3.8) is 0 Å². The van der Waals surface area contributed by atoms with Crippen LogP contribution in [0.2, 0.25) is 0 Å². The van der Waals surface area contributed by atoms with Gasteiger partial charge < -0.3 is 14.8 Å². The molecule has 1 aromatic carbocycles. The summed E-state index contributed by atoms with van der Waals surface area (Å²) in [5, 5.41) is 3.28. The van der Waals surface area contributed by atoms with Crippen molar-refractivity contribution < 1.29 is 14.3 Å². The van der Waals surface area contributed by atoms with Crippen LogP contribution in [0.25, 0.3) is 11.7 Å². The largest absolute Gasteiger partial charge is 0.497 e. The van der Waals surface area contributed by atoms with E-state index < -0.39 is 0 Å². The van der Waals surface area contributed by atoms with Crippen LogP contribution >= 0.6 is 24.0 Å². The number of thiocarbonyl (C=S) groups is 1. The first-order valence-corrected chi connectivity index (χ1v) is 13.0. The number of benzene rings is 1. The van der Waals surface area contributed by atoms with Crippen molar-refractivity contribution in [1.29, 1.82) is 0 Å². The van der Waals surface area contributed by atoms with E-state index in [9.17, 15) is 9.59 Å². The summed E-state index contributed by atoms with van der Waals surface area (Å²) in [5.41, 5.74) is 1.68. The normalized spacial score (nSPS) is 19.0. The molecule has 2 aliphatic rings. The van der Waals surface area contributed by atoms with Crippen molar-refractivity contribution in [2.75, 3.05) is 32.1 Å². The number of nitrogens with zero attached hydrogens (tertiary/aromatic N) is 3. The Morgan fingerprint density at radius 1 is 1.25 bits per heavy atom. The first-order chi connectivity index (χ1) is 17.5. The standard InChI is InChI=1S/C26H26N4O4S2/c1-33-18-9-7-17(8-10-18)11-13-30-25(32)21(36-26(30)35)15-20-23(27-16-19-5-4-14-34-19)28-22-6-2-3-12-29(22)24(20)31/h2-3,6-10,12,15,19,27H,4-5,11,13-14,16H2,1H3/b21-15-. The number of rotatable bonds is 8. The lowest BCUT2D eigenvalue weighted by atomic mass is 10.1. The van der Waals surface area contributed by atoms with Crippen LogP contribution in [0, 0.1) is 0 Å². The lowest BCUT2D eigenvalue weighted by Gasteiger charge is -2.15. The first kappa shape index (κ1) is 24.5. The molecule has 1 atom stereocenters. The van der Waals surface area contributed by atoms with Crippen LogP contribution in [-0.4, -0.2) is 57.4 Å². The van der Waals surface area contributed by atoms with Crippen LogP contribution in [0.15, 0.2) is 58.4 Å². The van der Waals surface area contributed by atoms with Gasteiger partial charge in [-0.15, -0.1) is 0 Å². The topological polar surface area (TPSA) is 85.2 Å². The number of ether oxygens (including phenoxy) is 2. The molecule has 1 N–H and O–H groups in total. The summed E-state index contributed by atoms with van der Waals surface area (Å²) in [4.78, 5) is 33.3. The molecule has 186 valence electrons. The zero-order chi connectivity index (χ0) is 25.1. The Morgan fingerprint density at radius 2 is 2.08 bits per heavy atom. The van der Waals surface area contributed by atoms with Crippen molar-refractivity contribution in [2.24, 2.45) is 0 Å². The van der Waals surface area contributed by atoms with Crippen LogP contribution < -0.4 is 15.6 Å². The summed E-state index contributed by atoms with van der Waals surface area (Å²) in [6.45, 7) is 1.73. The van der Waals surface area contributed by atoms with Gasteiger partial charge in [-0.1, -0.05) is 42.2 Å². The maximum absolute atomic E-state index is 13.4. The number of nitrogens with one attached hydrogen (secondary N) is 1. The second kappa shape index (κ2) is 10.8. The van der Waals surface area contributed by atoms with Crippen LogP contribution in [0.4, 0.5) is 5.82 Å². The van der Waals surface area contributed by atoms with Gasteiger partial charge in [-0.05, 0) is 55.2 Å². The third-order valence-corrected chi connectivity index (χ3v) is 7.60. The Morgan fingerprint density at radius 3 is 2.83 bits per heavy atom. The molecule has 0 aliphatic carbocycles. The molecule has 2 fully saturated rings. The van der Waals surface area contributed by atoms with E-state index in [0.29, 0.717) is 45.8 Å². The number of thioether (sulfide) groups is 1. The van der Waals surface area contributed by atoms with Gasteiger partial charge in [-0.3, -0.25) is 18.9 Å².